The third-order valence-corrected chi connectivity index (χ3v) is 2.83. The molecule has 104 valence electrons. The Balaban J connectivity index is 2.31. The van der Waals surface area contributed by atoms with Crippen molar-refractivity contribution < 1.29 is 14.7 Å². The van der Waals surface area contributed by atoms with Crippen molar-refractivity contribution in [2.75, 3.05) is 5.32 Å². The first-order valence-electron chi connectivity index (χ1n) is 6.04. The number of carbonyl (C=O) groups excluding carboxylic acids is 1. The molecule has 2 N–H and O–H groups in total. The van der Waals surface area contributed by atoms with Crippen molar-refractivity contribution in [3.63, 3.8) is 0 Å². The molecule has 0 saturated heterocycles. The van der Waals surface area contributed by atoms with Gasteiger partial charge >= 0.3 is 5.97 Å². The monoisotopic (exact) mass is 281 g/mol. The van der Waals surface area contributed by atoms with E-state index in [-0.39, 0.29) is 11.4 Å². The maximum absolute atomic E-state index is 12.1. The predicted octanol–water partition coefficient (Wildman–Crippen LogP) is 2.21. The molecule has 0 aliphatic rings. The molecule has 1 amide bonds. The Bertz CT molecular complexity index is 763. The van der Waals surface area contributed by atoms with Gasteiger partial charge in [0.15, 0.2) is 0 Å². The van der Waals surface area contributed by atoms with Crippen LogP contribution >= 0.6 is 0 Å². The number of nitrogens with zero attached hydrogens (tertiary/aromatic N) is 2. The molecule has 1 aromatic heterocycles. The van der Waals surface area contributed by atoms with Crippen LogP contribution in [-0.4, -0.2) is 22.0 Å². The van der Waals surface area contributed by atoms with Crippen LogP contribution in [0.3, 0.4) is 0 Å². The highest BCUT2D eigenvalue weighted by Crippen LogP contribution is 2.19. The number of pyridine rings is 1. The fraction of sp³-hybridized carbons (Fsp3) is 0.0667. The molecule has 0 fully saturated rings. The maximum atomic E-state index is 12.1. The average Bonchev–Trinajstić information content (AvgIpc) is 2.47. The van der Waals surface area contributed by atoms with Gasteiger partial charge in [-0.3, -0.25) is 4.79 Å². The number of nitrogens with one attached hydrogen (secondary N) is 1. The van der Waals surface area contributed by atoms with Crippen molar-refractivity contribution >= 4 is 17.6 Å². The lowest BCUT2D eigenvalue weighted by atomic mass is 10.1. The second-order valence-electron chi connectivity index (χ2n) is 4.28. The molecule has 0 aliphatic heterocycles. The summed E-state index contributed by atoms with van der Waals surface area (Å²) in [5, 5.41) is 20.5. The number of carboxylic acid groups (broad SMARTS) is 1. The van der Waals surface area contributed by atoms with E-state index in [0.29, 0.717) is 11.3 Å². The average molecular weight is 281 g/mol. The van der Waals surface area contributed by atoms with Gasteiger partial charge in [-0.05, 0) is 30.7 Å². The summed E-state index contributed by atoms with van der Waals surface area (Å²) < 4.78 is 0. The van der Waals surface area contributed by atoms with Gasteiger partial charge in [0, 0.05) is 0 Å². The third-order valence-electron chi connectivity index (χ3n) is 2.83. The lowest BCUT2D eigenvalue weighted by molar-refractivity contribution is 0.0690. The number of hydrogen-bond acceptors (Lipinski definition) is 4. The first-order chi connectivity index (χ1) is 10.0. The number of anilines is 1. The van der Waals surface area contributed by atoms with Crippen LogP contribution < -0.4 is 5.32 Å². The molecule has 0 radical (unpaired) electrons. The van der Waals surface area contributed by atoms with Crippen LogP contribution in [0.25, 0.3) is 0 Å². The zero-order chi connectivity index (χ0) is 15.4. The third kappa shape index (κ3) is 3.04. The number of benzene rings is 1. The van der Waals surface area contributed by atoms with Gasteiger partial charge in [0.1, 0.15) is 17.5 Å². The summed E-state index contributed by atoms with van der Waals surface area (Å²) in [7, 11) is 0. The van der Waals surface area contributed by atoms with Gasteiger partial charge in [-0.2, -0.15) is 5.26 Å². The molecular formula is C15H11N3O3. The summed E-state index contributed by atoms with van der Waals surface area (Å²) in [6, 6.07) is 11.2. The number of aromatic nitrogens is 1. The van der Waals surface area contributed by atoms with Gasteiger partial charge < -0.3 is 10.4 Å². The fourth-order valence-corrected chi connectivity index (χ4v) is 1.79. The zero-order valence-corrected chi connectivity index (χ0v) is 11.1. The molecule has 21 heavy (non-hydrogen) atoms. The topological polar surface area (TPSA) is 103 Å². The minimum absolute atomic E-state index is 0.0275. The Morgan fingerprint density at radius 3 is 2.52 bits per heavy atom. The van der Waals surface area contributed by atoms with E-state index in [1.165, 1.54) is 18.2 Å². The number of hydrogen-bond donors (Lipinski definition) is 2. The van der Waals surface area contributed by atoms with Crippen LogP contribution in [0, 0.1) is 18.3 Å². The molecular weight excluding hydrogens is 270 g/mol. The molecule has 2 rings (SSSR count). The van der Waals surface area contributed by atoms with Crippen molar-refractivity contribution in [2.45, 2.75) is 6.92 Å². The van der Waals surface area contributed by atoms with Gasteiger partial charge in [0.05, 0.1) is 11.3 Å². The normalized spacial score (nSPS) is 9.71. The largest absolute Gasteiger partial charge is 0.477 e. The van der Waals surface area contributed by atoms with Crippen molar-refractivity contribution in [3.05, 3.63) is 58.9 Å². The first kappa shape index (κ1) is 14.2. The predicted molar refractivity (Wildman–Crippen MR) is 75.0 cm³/mol. The molecule has 0 unspecified atom stereocenters. The summed E-state index contributed by atoms with van der Waals surface area (Å²) >= 11 is 0. The van der Waals surface area contributed by atoms with E-state index >= 15 is 0 Å². The molecule has 0 aliphatic carbocycles. The van der Waals surface area contributed by atoms with E-state index in [1.54, 1.807) is 25.1 Å². The van der Waals surface area contributed by atoms with E-state index < -0.39 is 11.9 Å². The first-order valence-corrected chi connectivity index (χ1v) is 6.04. The van der Waals surface area contributed by atoms with E-state index in [2.05, 4.69) is 10.3 Å². The molecule has 0 saturated carbocycles. The summed E-state index contributed by atoms with van der Waals surface area (Å²) in [5.41, 5.74) is 1.22. The molecule has 1 aromatic carbocycles. The minimum atomic E-state index is -1.21. The highest BCUT2D eigenvalue weighted by Gasteiger charge is 2.13. The van der Waals surface area contributed by atoms with E-state index in [1.807, 2.05) is 6.07 Å². The van der Waals surface area contributed by atoms with Crippen LogP contribution in [0.5, 0.6) is 0 Å². The summed E-state index contributed by atoms with van der Waals surface area (Å²) in [6.45, 7) is 1.76. The van der Waals surface area contributed by atoms with Crippen LogP contribution in [0.1, 0.15) is 32.1 Å². The van der Waals surface area contributed by atoms with Crippen LogP contribution in [0.2, 0.25) is 0 Å². The molecule has 1 heterocycles. The van der Waals surface area contributed by atoms with Gasteiger partial charge in [-0.1, -0.05) is 18.2 Å². The highest BCUT2D eigenvalue weighted by atomic mass is 16.4. The minimum Gasteiger partial charge on any atom is -0.477 e. The maximum Gasteiger partial charge on any atom is 0.354 e. The second-order valence-corrected chi connectivity index (χ2v) is 4.28. The SMILES string of the molecule is Cc1cccc(NC(=O)c2cccc(C(=O)O)n2)c1C#N. The number of amides is 1. The van der Waals surface area contributed by atoms with Gasteiger partial charge in [-0.15, -0.1) is 0 Å². The van der Waals surface area contributed by atoms with Gasteiger partial charge in [-0.25, -0.2) is 9.78 Å². The Kier molecular flexibility index (Phi) is 3.95. The summed E-state index contributed by atoms with van der Waals surface area (Å²) in [6.07, 6.45) is 0. The number of carboxylic acids is 1. The van der Waals surface area contributed by atoms with E-state index in [9.17, 15) is 9.59 Å². The van der Waals surface area contributed by atoms with Gasteiger partial charge in [0.25, 0.3) is 5.91 Å². The summed E-state index contributed by atoms with van der Waals surface area (Å²) in [5.74, 6) is -1.78. The quantitative estimate of drug-likeness (QED) is 0.897. The Hall–Kier alpha value is -3.20. The molecule has 0 atom stereocenters. The molecule has 2 aromatic rings. The number of nitriles is 1. The van der Waals surface area contributed by atoms with Crippen molar-refractivity contribution in [3.8, 4) is 6.07 Å². The van der Waals surface area contributed by atoms with Crippen LogP contribution in [-0.2, 0) is 0 Å². The lowest BCUT2D eigenvalue weighted by Crippen LogP contribution is -2.16. The molecule has 0 spiro atoms. The van der Waals surface area contributed by atoms with E-state index in [4.69, 9.17) is 10.4 Å². The standard InChI is InChI=1S/C15H11N3O3/c1-9-4-2-5-11(10(9)8-16)18-14(19)12-6-3-7-13(17-12)15(20)21/h2-7H,1H3,(H,18,19)(H,20,21). The van der Waals surface area contributed by atoms with Gasteiger partial charge in [0.2, 0.25) is 0 Å². The fourth-order valence-electron chi connectivity index (χ4n) is 1.79. The second kappa shape index (κ2) is 5.84. The molecule has 6 heteroatoms. The van der Waals surface area contributed by atoms with Crippen molar-refractivity contribution in [2.24, 2.45) is 0 Å². The Labute approximate surface area is 120 Å². The Morgan fingerprint density at radius 2 is 1.86 bits per heavy atom. The smallest absolute Gasteiger partial charge is 0.354 e. The lowest BCUT2D eigenvalue weighted by Gasteiger charge is -2.08. The zero-order valence-electron chi connectivity index (χ0n) is 11.1. The van der Waals surface area contributed by atoms with Crippen LogP contribution in [0.15, 0.2) is 36.4 Å². The number of aryl methyl sites for hydroxylation is 1. The summed E-state index contributed by atoms with van der Waals surface area (Å²) in [4.78, 5) is 26.7. The molecule has 6 nitrogen and oxygen atoms in total. The van der Waals surface area contributed by atoms with Crippen LogP contribution in [0.4, 0.5) is 5.69 Å². The molecule has 0 bridgehead atoms. The highest BCUT2D eigenvalue weighted by molar-refractivity contribution is 6.04. The van der Waals surface area contributed by atoms with Crippen molar-refractivity contribution in [1.82, 2.24) is 4.98 Å². The Morgan fingerprint density at radius 1 is 1.19 bits per heavy atom. The van der Waals surface area contributed by atoms with Crippen molar-refractivity contribution in [1.29, 1.82) is 5.26 Å². The number of carbonyl (C=O) groups is 2. The van der Waals surface area contributed by atoms with E-state index in [0.717, 1.165) is 5.56 Å². The number of aromatic carboxylic acids is 1. The number of rotatable bonds is 3.